The smallest absolute Gasteiger partial charge is 0.330 e. The maximum Gasteiger partial charge on any atom is 0.416 e. The van der Waals surface area contributed by atoms with Crippen molar-refractivity contribution in [2.45, 2.75) is 57.4 Å². The number of anilines is 1. The van der Waals surface area contributed by atoms with E-state index in [1.807, 2.05) is 14.0 Å². The highest BCUT2D eigenvalue weighted by Gasteiger charge is 2.37. The Morgan fingerprint density at radius 1 is 0.773 bits per heavy atom. The first kappa shape index (κ1) is 33.5. The van der Waals surface area contributed by atoms with Crippen LogP contribution in [0.15, 0.2) is 36.4 Å². The van der Waals surface area contributed by atoms with Gasteiger partial charge in [-0.1, -0.05) is 18.1 Å². The van der Waals surface area contributed by atoms with Gasteiger partial charge in [0.05, 0.1) is 23.7 Å². The molecule has 1 aliphatic rings. The molecule has 0 amide bonds. The Morgan fingerprint density at radius 2 is 1.41 bits per heavy atom. The molecule has 1 atom stereocenters. The van der Waals surface area contributed by atoms with Crippen LogP contribution in [0.3, 0.4) is 0 Å². The normalized spacial score (nSPS) is 16.6. The van der Waals surface area contributed by atoms with Crippen LogP contribution in [0.2, 0.25) is 0 Å². The van der Waals surface area contributed by atoms with Gasteiger partial charge < -0.3 is 9.80 Å². The fourth-order valence-corrected chi connectivity index (χ4v) is 5.43. The molecule has 0 N–H and O–H groups in total. The maximum absolute atomic E-state index is 13.9. The van der Waals surface area contributed by atoms with E-state index in [9.17, 15) is 39.5 Å². The molecule has 3 aromatic rings. The topological polar surface area (TPSA) is 53.3 Å². The number of aryl methyl sites for hydroxylation is 1. The number of halogens is 9. The summed E-state index contributed by atoms with van der Waals surface area (Å²) in [5.74, 6) is -0.175. The third-order valence-corrected chi connectivity index (χ3v) is 7.57. The molecular formula is C28H32F9N7. The highest BCUT2D eigenvalue weighted by atomic mass is 19.4. The molecule has 1 aliphatic heterocycles. The van der Waals surface area contributed by atoms with Crippen molar-refractivity contribution in [2.24, 2.45) is 7.05 Å². The minimum atomic E-state index is -5.07. The van der Waals surface area contributed by atoms with Gasteiger partial charge in [0, 0.05) is 38.8 Å². The van der Waals surface area contributed by atoms with Crippen LogP contribution in [-0.4, -0.2) is 63.2 Å². The van der Waals surface area contributed by atoms with Crippen LogP contribution in [0.1, 0.15) is 59.2 Å². The molecule has 4 rings (SSSR count). The molecule has 2 aromatic carbocycles. The number of tetrazole rings is 1. The summed E-state index contributed by atoms with van der Waals surface area (Å²) in [5.41, 5.74) is -3.57. The average molecular weight is 638 g/mol. The molecule has 1 aromatic heterocycles. The molecule has 242 valence electrons. The first-order valence-electron chi connectivity index (χ1n) is 13.9. The van der Waals surface area contributed by atoms with E-state index in [1.165, 1.54) is 18.0 Å². The predicted octanol–water partition coefficient (Wildman–Crippen LogP) is 6.56. The largest absolute Gasteiger partial charge is 0.416 e. The van der Waals surface area contributed by atoms with Crippen LogP contribution in [0.25, 0.3) is 0 Å². The van der Waals surface area contributed by atoms with Gasteiger partial charge in [0.1, 0.15) is 0 Å². The molecular weight excluding hydrogens is 605 g/mol. The number of hydrogen-bond acceptors (Lipinski definition) is 6. The molecule has 2 heterocycles. The van der Waals surface area contributed by atoms with E-state index in [4.69, 9.17) is 0 Å². The second kappa shape index (κ2) is 12.9. The lowest BCUT2D eigenvalue weighted by molar-refractivity contribution is -0.143. The highest BCUT2D eigenvalue weighted by molar-refractivity contribution is 5.42. The summed E-state index contributed by atoms with van der Waals surface area (Å²) in [6, 6.07) is 4.24. The Balaban J connectivity index is 1.81. The van der Waals surface area contributed by atoms with Gasteiger partial charge in [-0.3, -0.25) is 4.90 Å². The molecule has 0 saturated carbocycles. The van der Waals surface area contributed by atoms with Crippen molar-refractivity contribution >= 4 is 5.95 Å². The molecule has 0 spiro atoms. The lowest BCUT2D eigenvalue weighted by atomic mass is 9.94. The lowest BCUT2D eigenvalue weighted by Crippen LogP contribution is -2.34. The summed E-state index contributed by atoms with van der Waals surface area (Å²) in [4.78, 5) is 6.60. The minimum Gasteiger partial charge on any atom is -0.330 e. The Morgan fingerprint density at radius 3 is 1.95 bits per heavy atom. The zero-order valence-corrected chi connectivity index (χ0v) is 24.2. The molecule has 16 heteroatoms. The summed E-state index contributed by atoms with van der Waals surface area (Å²) >= 11 is 0. The van der Waals surface area contributed by atoms with Crippen LogP contribution in [0, 0.1) is 0 Å². The second-order valence-corrected chi connectivity index (χ2v) is 10.9. The average Bonchev–Trinajstić information content (AvgIpc) is 3.25. The van der Waals surface area contributed by atoms with Gasteiger partial charge in [-0.15, -0.1) is 5.10 Å². The second-order valence-electron chi connectivity index (χ2n) is 10.9. The van der Waals surface area contributed by atoms with Crippen LogP contribution < -0.4 is 4.90 Å². The fourth-order valence-electron chi connectivity index (χ4n) is 5.43. The van der Waals surface area contributed by atoms with E-state index < -0.39 is 41.8 Å². The first-order valence-corrected chi connectivity index (χ1v) is 13.9. The summed E-state index contributed by atoms with van der Waals surface area (Å²) in [7, 11) is 3.39. The Kier molecular flexibility index (Phi) is 9.83. The minimum absolute atomic E-state index is 0.0176. The SMILES string of the molecule is CCC(c1ccc(C(F)(F)F)cc1CN(Cc1cc(C(F)(F)F)cc(C(F)(F)F)c1)c1nnn(C)n1)N1CCCN(C)CC1. The molecule has 44 heavy (non-hydrogen) atoms. The molecule has 0 aliphatic carbocycles. The van der Waals surface area contributed by atoms with E-state index in [0.29, 0.717) is 37.2 Å². The van der Waals surface area contributed by atoms with Crippen molar-refractivity contribution in [3.8, 4) is 0 Å². The predicted molar refractivity (Wildman–Crippen MR) is 143 cm³/mol. The van der Waals surface area contributed by atoms with Crippen molar-refractivity contribution in [3.63, 3.8) is 0 Å². The number of likely N-dealkylation sites (N-methyl/N-ethyl adjacent to an activating group) is 1. The van der Waals surface area contributed by atoms with Crippen molar-refractivity contribution in [3.05, 3.63) is 69.8 Å². The van der Waals surface area contributed by atoms with Gasteiger partial charge in [-0.2, -0.15) is 44.3 Å². The Labute approximate surface area is 248 Å². The third-order valence-electron chi connectivity index (χ3n) is 7.57. The fraction of sp³-hybridized carbons (Fsp3) is 0.536. The summed E-state index contributed by atoms with van der Waals surface area (Å²) in [5, 5.41) is 11.6. The summed E-state index contributed by atoms with van der Waals surface area (Å²) in [6.07, 6.45) is -13.5. The Hall–Kier alpha value is -3.40. The number of benzene rings is 2. The maximum atomic E-state index is 13.9. The quantitative estimate of drug-likeness (QED) is 0.261. The monoisotopic (exact) mass is 637 g/mol. The van der Waals surface area contributed by atoms with E-state index in [0.717, 1.165) is 36.4 Å². The van der Waals surface area contributed by atoms with Gasteiger partial charge >= 0.3 is 18.5 Å². The van der Waals surface area contributed by atoms with Gasteiger partial charge in [0.25, 0.3) is 5.95 Å². The number of nitrogens with zero attached hydrogens (tertiary/aromatic N) is 7. The Bertz CT molecular complexity index is 1380. The van der Waals surface area contributed by atoms with E-state index in [2.05, 4.69) is 25.2 Å². The molecule has 1 unspecified atom stereocenters. The zero-order chi connectivity index (χ0) is 32.4. The number of aromatic nitrogens is 4. The molecule has 0 bridgehead atoms. The molecule has 1 saturated heterocycles. The van der Waals surface area contributed by atoms with E-state index in [-0.39, 0.29) is 35.7 Å². The van der Waals surface area contributed by atoms with Crippen LogP contribution >= 0.6 is 0 Å². The number of rotatable bonds is 8. The number of alkyl halides is 9. The van der Waals surface area contributed by atoms with E-state index >= 15 is 0 Å². The summed E-state index contributed by atoms with van der Waals surface area (Å²) in [6.45, 7) is 3.96. The van der Waals surface area contributed by atoms with Crippen molar-refractivity contribution in [1.82, 2.24) is 30.0 Å². The molecule has 7 nitrogen and oxygen atoms in total. The molecule has 1 fully saturated rings. The number of hydrogen-bond donors (Lipinski definition) is 0. The molecule has 0 radical (unpaired) electrons. The van der Waals surface area contributed by atoms with Crippen molar-refractivity contribution in [2.75, 3.05) is 38.1 Å². The van der Waals surface area contributed by atoms with Gasteiger partial charge in [-0.25, -0.2) is 0 Å². The van der Waals surface area contributed by atoms with Crippen molar-refractivity contribution < 1.29 is 39.5 Å². The van der Waals surface area contributed by atoms with Crippen LogP contribution in [0.4, 0.5) is 45.5 Å². The van der Waals surface area contributed by atoms with Crippen LogP contribution in [-0.2, 0) is 38.7 Å². The highest BCUT2D eigenvalue weighted by Crippen LogP contribution is 2.38. The van der Waals surface area contributed by atoms with E-state index in [1.54, 1.807) is 0 Å². The first-order chi connectivity index (χ1) is 20.5. The van der Waals surface area contributed by atoms with Crippen LogP contribution in [0.5, 0.6) is 0 Å². The lowest BCUT2D eigenvalue weighted by Gasteiger charge is -2.33. The van der Waals surface area contributed by atoms with Crippen molar-refractivity contribution in [1.29, 1.82) is 0 Å². The van der Waals surface area contributed by atoms with Gasteiger partial charge in [0.2, 0.25) is 0 Å². The van der Waals surface area contributed by atoms with Gasteiger partial charge in [0.15, 0.2) is 0 Å². The summed E-state index contributed by atoms with van der Waals surface area (Å²) < 4.78 is 123. The standard InChI is InChI=1S/C28H32F9N7/c1-4-24(43-9-5-8-41(2)10-11-43)23-7-6-20(26(29,30)31)14-19(23)17-44(25-38-40-42(3)39-25)16-18-12-21(27(32,33)34)15-22(13-18)28(35,36)37/h6-7,12-15,24H,4-5,8-11,16-17H2,1-3H3. The zero-order valence-electron chi connectivity index (χ0n) is 24.2. The third kappa shape index (κ3) is 8.20. The van der Waals surface area contributed by atoms with Gasteiger partial charge in [-0.05, 0) is 78.7 Å².